The van der Waals surface area contributed by atoms with Gasteiger partial charge in [-0.25, -0.2) is 4.79 Å². The molecule has 3 fully saturated rings. The molecule has 3 aliphatic heterocycles. The summed E-state index contributed by atoms with van der Waals surface area (Å²) < 4.78 is 5.34. The van der Waals surface area contributed by atoms with E-state index in [9.17, 15) is 14.9 Å². The Morgan fingerprint density at radius 3 is 2.43 bits per heavy atom. The van der Waals surface area contributed by atoms with Crippen LogP contribution in [0.1, 0.15) is 12.8 Å². The Bertz CT molecular complexity index is 538. The van der Waals surface area contributed by atoms with E-state index in [1.807, 2.05) is 0 Å². The molecule has 4 rings (SSSR count). The minimum absolute atomic E-state index is 0.0176. The first-order chi connectivity index (χ1) is 10.1. The van der Waals surface area contributed by atoms with E-state index in [-0.39, 0.29) is 17.8 Å². The molecule has 112 valence electrons. The Hall–Kier alpha value is -2.15. The first-order valence-corrected chi connectivity index (χ1v) is 7.09. The first-order valence-electron chi connectivity index (χ1n) is 7.09. The van der Waals surface area contributed by atoms with Crippen LogP contribution >= 0.6 is 0 Å². The molecule has 0 unspecified atom stereocenters. The van der Waals surface area contributed by atoms with Crippen molar-refractivity contribution < 1.29 is 14.5 Å². The lowest BCUT2D eigenvalue weighted by Gasteiger charge is -2.30. The van der Waals surface area contributed by atoms with Crippen molar-refractivity contribution >= 4 is 11.8 Å². The van der Waals surface area contributed by atoms with Crippen LogP contribution in [0.15, 0.2) is 24.3 Å². The van der Waals surface area contributed by atoms with Crippen molar-refractivity contribution in [3.05, 3.63) is 34.4 Å². The Balaban J connectivity index is 1.66. The molecule has 0 radical (unpaired) electrons. The van der Waals surface area contributed by atoms with Gasteiger partial charge in [0.05, 0.1) is 4.92 Å². The van der Waals surface area contributed by atoms with E-state index < -0.39 is 4.92 Å². The van der Waals surface area contributed by atoms with Crippen molar-refractivity contribution in [2.45, 2.75) is 18.9 Å². The highest BCUT2D eigenvalue weighted by Crippen LogP contribution is 2.23. The number of nitro groups is 1. The summed E-state index contributed by atoms with van der Waals surface area (Å²) in [5, 5.41) is 10.6. The number of amides is 1. The normalized spacial score (nSPS) is 24.5. The number of rotatable bonds is 2. The maximum absolute atomic E-state index is 12.3. The van der Waals surface area contributed by atoms with Gasteiger partial charge in [0.2, 0.25) is 0 Å². The summed E-state index contributed by atoms with van der Waals surface area (Å²) in [6.07, 6.45) is 1.60. The standard InChI is InChI=1S/C14H17N3O4/c18-14(16-10-9-15-7-5-11(16)6-8-15)21-13-3-1-12(2-4-13)17(19)20/h1-4,11H,5-10H2. The molecule has 0 aliphatic carbocycles. The molecule has 3 heterocycles. The fourth-order valence-corrected chi connectivity index (χ4v) is 2.92. The van der Waals surface area contributed by atoms with Gasteiger partial charge in [-0.05, 0) is 25.0 Å². The summed E-state index contributed by atoms with van der Waals surface area (Å²) in [7, 11) is 0. The van der Waals surface area contributed by atoms with Gasteiger partial charge in [-0.2, -0.15) is 0 Å². The average molecular weight is 291 g/mol. The molecule has 7 nitrogen and oxygen atoms in total. The summed E-state index contributed by atoms with van der Waals surface area (Å²) in [6.45, 7) is 3.63. The summed E-state index contributed by atoms with van der Waals surface area (Å²) in [4.78, 5) is 26.5. The largest absolute Gasteiger partial charge is 0.415 e. The molecule has 0 spiro atoms. The summed E-state index contributed by atoms with van der Waals surface area (Å²) in [5.74, 6) is 0.338. The Kier molecular flexibility index (Phi) is 3.74. The lowest BCUT2D eigenvalue weighted by molar-refractivity contribution is -0.384. The lowest BCUT2D eigenvalue weighted by Crippen LogP contribution is -2.43. The second-order valence-corrected chi connectivity index (χ2v) is 5.39. The van der Waals surface area contributed by atoms with Gasteiger partial charge < -0.3 is 14.5 Å². The SMILES string of the molecule is O=C(Oc1ccc([N+](=O)[O-])cc1)N1CCN2CCC1CC2. The van der Waals surface area contributed by atoms with Crippen LogP contribution in [-0.4, -0.2) is 53.0 Å². The number of carbonyl (C=O) groups excluding carboxylic acids is 1. The maximum Gasteiger partial charge on any atom is 0.415 e. The van der Waals surface area contributed by atoms with E-state index in [4.69, 9.17) is 4.74 Å². The van der Waals surface area contributed by atoms with Gasteiger partial charge >= 0.3 is 6.09 Å². The smallest absolute Gasteiger partial charge is 0.410 e. The summed E-state index contributed by atoms with van der Waals surface area (Å²) in [5.41, 5.74) is -0.0176. The van der Waals surface area contributed by atoms with Crippen LogP contribution in [0.25, 0.3) is 0 Å². The topological polar surface area (TPSA) is 75.9 Å². The van der Waals surface area contributed by atoms with E-state index in [0.717, 1.165) is 32.5 Å². The van der Waals surface area contributed by atoms with Crippen LogP contribution in [0.2, 0.25) is 0 Å². The van der Waals surface area contributed by atoms with Crippen molar-refractivity contribution in [3.63, 3.8) is 0 Å². The van der Waals surface area contributed by atoms with E-state index >= 15 is 0 Å². The molecule has 0 aromatic heterocycles. The molecule has 0 N–H and O–H groups in total. The molecule has 0 saturated carbocycles. The van der Waals surface area contributed by atoms with Gasteiger partial charge in [0.1, 0.15) is 5.75 Å². The third kappa shape index (κ3) is 2.97. The number of ether oxygens (including phenoxy) is 1. The lowest BCUT2D eigenvalue weighted by atomic mass is 10.1. The number of hydrogen-bond acceptors (Lipinski definition) is 5. The Labute approximate surface area is 122 Å². The fraction of sp³-hybridized carbons (Fsp3) is 0.500. The second kappa shape index (κ2) is 5.69. The van der Waals surface area contributed by atoms with Crippen molar-refractivity contribution in [3.8, 4) is 5.75 Å². The van der Waals surface area contributed by atoms with E-state index in [0.29, 0.717) is 12.3 Å². The highest BCUT2D eigenvalue weighted by Gasteiger charge is 2.32. The van der Waals surface area contributed by atoms with E-state index in [1.165, 1.54) is 24.3 Å². The first kappa shape index (κ1) is 13.8. The predicted molar refractivity (Wildman–Crippen MR) is 75.3 cm³/mol. The molecule has 1 aromatic rings. The summed E-state index contributed by atoms with van der Waals surface area (Å²) in [6, 6.07) is 5.82. The highest BCUT2D eigenvalue weighted by molar-refractivity contribution is 5.71. The zero-order valence-electron chi connectivity index (χ0n) is 11.6. The molecule has 7 heteroatoms. The molecule has 1 aromatic carbocycles. The fourth-order valence-electron chi connectivity index (χ4n) is 2.92. The van der Waals surface area contributed by atoms with Gasteiger partial charge in [-0.15, -0.1) is 0 Å². The van der Waals surface area contributed by atoms with Crippen LogP contribution in [0.4, 0.5) is 10.5 Å². The molecule has 21 heavy (non-hydrogen) atoms. The third-order valence-corrected chi connectivity index (χ3v) is 4.14. The highest BCUT2D eigenvalue weighted by atomic mass is 16.6. The predicted octanol–water partition coefficient (Wildman–Crippen LogP) is 1.87. The van der Waals surface area contributed by atoms with E-state index in [1.54, 1.807) is 4.90 Å². The zero-order valence-corrected chi connectivity index (χ0v) is 11.6. The molecule has 0 atom stereocenters. The minimum Gasteiger partial charge on any atom is -0.410 e. The van der Waals surface area contributed by atoms with Gasteiger partial charge in [0.25, 0.3) is 5.69 Å². The van der Waals surface area contributed by atoms with Gasteiger partial charge in [0.15, 0.2) is 0 Å². The Morgan fingerprint density at radius 1 is 1.14 bits per heavy atom. The molecule has 2 bridgehead atoms. The minimum atomic E-state index is -0.479. The molecule has 3 saturated heterocycles. The Morgan fingerprint density at radius 2 is 1.81 bits per heavy atom. The van der Waals surface area contributed by atoms with Crippen molar-refractivity contribution in [2.75, 3.05) is 26.2 Å². The van der Waals surface area contributed by atoms with Crippen LogP contribution < -0.4 is 4.74 Å². The number of non-ortho nitro benzene ring substituents is 1. The molecule has 1 amide bonds. The van der Waals surface area contributed by atoms with Crippen molar-refractivity contribution in [2.24, 2.45) is 0 Å². The van der Waals surface area contributed by atoms with Crippen molar-refractivity contribution in [1.29, 1.82) is 0 Å². The summed E-state index contributed by atoms with van der Waals surface area (Å²) >= 11 is 0. The number of benzene rings is 1. The maximum atomic E-state index is 12.3. The van der Waals surface area contributed by atoms with Crippen LogP contribution in [-0.2, 0) is 0 Å². The van der Waals surface area contributed by atoms with Gasteiger partial charge in [0, 0.05) is 44.4 Å². The second-order valence-electron chi connectivity index (χ2n) is 5.39. The molecular weight excluding hydrogens is 274 g/mol. The zero-order chi connectivity index (χ0) is 14.8. The number of nitrogens with zero attached hydrogens (tertiary/aromatic N) is 3. The number of hydrogen-bond donors (Lipinski definition) is 0. The van der Waals surface area contributed by atoms with Gasteiger partial charge in [-0.3, -0.25) is 10.1 Å². The quantitative estimate of drug-likeness (QED) is 0.614. The molecule has 3 aliphatic rings. The number of carbonyl (C=O) groups is 1. The van der Waals surface area contributed by atoms with Crippen LogP contribution in [0.3, 0.4) is 0 Å². The average Bonchev–Trinajstić information content (AvgIpc) is 2.81. The van der Waals surface area contributed by atoms with Gasteiger partial charge in [-0.1, -0.05) is 0 Å². The van der Waals surface area contributed by atoms with E-state index in [2.05, 4.69) is 4.90 Å². The number of nitro benzene ring substituents is 1. The number of fused-ring (bicyclic) bond motifs is 4. The van der Waals surface area contributed by atoms with Crippen LogP contribution in [0, 0.1) is 10.1 Å². The molecular formula is C14H17N3O4. The number of piperidine rings is 1. The monoisotopic (exact) mass is 291 g/mol. The van der Waals surface area contributed by atoms with Crippen molar-refractivity contribution in [1.82, 2.24) is 9.80 Å². The van der Waals surface area contributed by atoms with Crippen LogP contribution in [0.5, 0.6) is 5.75 Å². The third-order valence-electron chi connectivity index (χ3n) is 4.14.